The minimum absolute atomic E-state index is 0.0125. The summed E-state index contributed by atoms with van der Waals surface area (Å²) in [5, 5.41) is 11.5. The smallest absolute Gasteiger partial charge is 0.147 e. The van der Waals surface area contributed by atoms with Gasteiger partial charge in [-0.2, -0.15) is 5.26 Å². The van der Waals surface area contributed by atoms with Gasteiger partial charge in [0.15, 0.2) is 0 Å². The predicted octanol–water partition coefficient (Wildman–Crippen LogP) is 4.35. The molecule has 1 N–H and O–H groups in total. The molecule has 0 bridgehead atoms. The van der Waals surface area contributed by atoms with Crippen LogP contribution in [0.2, 0.25) is 0 Å². The molecular weight excluding hydrogens is 333 g/mol. The number of nitrogens with one attached hydrogen (secondary N) is 1. The number of anilines is 1. The number of nitriles is 1. The zero-order chi connectivity index (χ0) is 14.7. The first-order valence-corrected chi connectivity index (χ1v) is 6.37. The van der Waals surface area contributed by atoms with E-state index >= 15 is 0 Å². The summed E-state index contributed by atoms with van der Waals surface area (Å²) in [6.45, 7) is 0.0125. The van der Waals surface area contributed by atoms with Crippen molar-refractivity contribution in [1.29, 1.82) is 5.26 Å². The number of hydrogen-bond acceptors (Lipinski definition) is 2. The molecule has 0 heterocycles. The SMILES string of the molecule is N#Cc1ccc(F)cc1CNc1cc(F)c(Br)cc1F. The highest BCUT2D eigenvalue weighted by Crippen LogP contribution is 2.24. The lowest BCUT2D eigenvalue weighted by molar-refractivity contribution is 0.596. The van der Waals surface area contributed by atoms with E-state index < -0.39 is 17.5 Å². The van der Waals surface area contributed by atoms with Gasteiger partial charge in [-0.15, -0.1) is 0 Å². The van der Waals surface area contributed by atoms with Crippen LogP contribution in [0.3, 0.4) is 0 Å². The Morgan fingerprint density at radius 1 is 1.10 bits per heavy atom. The average molecular weight is 341 g/mol. The largest absolute Gasteiger partial charge is 0.378 e. The van der Waals surface area contributed by atoms with E-state index in [-0.39, 0.29) is 22.3 Å². The van der Waals surface area contributed by atoms with Gasteiger partial charge >= 0.3 is 0 Å². The Morgan fingerprint density at radius 3 is 2.55 bits per heavy atom. The summed E-state index contributed by atoms with van der Waals surface area (Å²) in [7, 11) is 0. The van der Waals surface area contributed by atoms with E-state index in [0.717, 1.165) is 12.1 Å². The zero-order valence-corrected chi connectivity index (χ0v) is 11.6. The molecule has 0 unspecified atom stereocenters. The van der Waals surface area contributed by atoms with Crippen molar-refractivity contribution in [2.45, 2.75) is 6.54 Å². The molecule has 0 saturated carbocycles. The predicted molar refractivity (Wildman–Crippen MR) is 72.5 cm³/mol. The first-order chi connectivity index (χ1) is 9.51. The molecule has 0 atom stereocenters. The minimum atomic E-state index is -0.645. The third-order valence-electron chi connectivity index (χ3n) is 2.67. The maximum atomic E-state index is 13.6. The summed E-state index contributed by atoms with van der Waals surface area (Å²) in [5.41, 5.74) is 0.589. The zero-order valence-electron chi connectivity index (χ0n) is 10.1. The number of hydrogen-bond donors (Lipinski definition) is 1. The molecule has 0 amide bonds. The summed E-state index contributed by atoms with van der Waals surface area (Å²) in [4.78, 5) is 0. The third-order valence-corrected chi connectivity index (χ3v) is 3.27. The summed E-state index contributed by atoms with van der Waals surface area (Å²) in [6, 6.07) is 7.58. The highest BCUT2D eigenvalue weighted by atomic mass is 79.9. The Bertz CT molecular complexity index is 696. The number of nitrogens with zero attached hydrogens (tertiary/aromatic N) is 1. The Morgan fingerprint density at radius 2 is 1.85 bits per heavy atom. The Labute approximate surface area is 122 Å². The average Bonchev–Trinajstić information content (AvgIpc) is 2.41. The molecular formula is C14H8BrF3N2. The molecule has 2 aromatic rings. The maximum Gasteiger partial charge on any atom is 0.147 e. The van der Waals surface area contributed by atoms with Crippen LogP contribution in [0.25, 0.3) is 0 Å². The molecule has 0 saturated heterocycles. The van der Waals surface area contributed by atoms with Gasteiger partial charge in [-0.25, -0.2) is 13.2 Å². The van der Waals surface area contributed by atoms with Crippen LogP contribution >= 0.6 is 15.9 Å². The first kappa shape index (κ1) is 14.4. The molecule has 0 aliphatic rings. The van der Waals surface area contributed by atoms with Crippen molar-refractivity contribution in [3.05, 3.63) is 63.4 Å². The lowest BCUT2D eigenvalue weighted by Gasteiger charge is -2.10. The highest BCUT2D eigenvalue weighted by molar-refractivity contribution is 9.10. The highest BCUT2D eigenvalue weighted by Gasteiger charge is 2.09. The quantitative estimate of drug-likeness (QED) is 0.843. The van der Waals surface area contributed by atoms with Crippen molar-refractivity contribution < 1.29 is 13.2 Å². The van der Waals surface area contributed by atoms with Crippen molar-refractivity contribution in [3.63, 3.8) is 0 Å². The van der Waals surface area contributed by atoms with Crippen LogP contribution in [0.4, 0.5) is 18.9 Å². The van der Waals surface area contributed by atoms with E-state index in [1.165, 1.54) is 18.2 Å². The van der Waals surface area contributed by atoms with Crippen LogP contribution in [-0.4, -0.2) is 0 Å². The Balaban J connectivity index is 2.23. The monoisotopic (exact) mass is 340 g/mol. The standard InChI is InChI=1S/C14H8BrF3N2/c15-11-4-13(18)14(5-12(11)17)20-7-9-3-10(16)2-1-8(9)6-19/h1-5,20H,7H2. The molecule has 0 fully saturated rings. The molecule has 102 valence electrons. The third kappa shape index (κ3) is 3.11. The Kier molecular flexibility index (Phi) is 4.30. The van der Waals surface area contributed by atoms with E-state index in [1.807, 2.05) is 6.07 Å². The van der Waals surface area contributed by atoms with Crippen LogP contribution in [0, 0.1) is 28.8 Å². The fourth-order valence-electron chi connectivity index (χ4n) is 1.67. The normalized spacial score (nSPS) is 10.2. The van der Waals surface area contributed by atoms with Gasteiger partial charge in [0.25, 0.3) is 0 Å². The fourth-order valence-corrected chi connectivity index (χ4v) is 1.98. The van der Waals surface area contributed by atoms with Crippen LogP contribution in [0.15, 0.2) is 34.8 Å². The topological polar surface area (TPSA) is 35.8 Å². The van der Waals surface area contributed by atoms with Crippen LogP contribution in [0.1, 0.15) is 11.1 Å². The molecule has 0 aliphatic carbocycles. The van der Waals surface area contributed by atoms with Gasteiger partial charge in [0.05, 0.1) is 21.8 Å². The molecule has 0 spiro atoms. The van der Waals surface area contributed by atoms with Crippen molar-refractivity contribution >= 4 is 21.6 Å². The van der Waals surface area contributed by atoms with Gasteiger partial charge in [0.2, 0.25) is 0 Å². The summed E-state index contributed by atoms with van der Waals surface area (Å²) in [6.07, 6.45) is 0. The number of halogens is 4. The van der Waals surface area contributed by atoms with Gasteiger partial charge in [-0.3, -0.25) is 0 Å². The van der Waals surface area contributed by atoms with Crippen molar-refractivity contribution in [2.75, 3.05) is 5.32 Å². The van der Waals surface area contributed by atoms with E-state index in [1.54, 1.807) is 0 Å². The van der Waals surface area contributed by atoms with Crippen LogP contribution in [0.5, 0.6) is 0 Å². The Hall–Kier alpha value is -2.00. The molecule has 2 rings (SSSR count). The van der Waals surface area contributed by atoms with Gasteiger partial charge in [-0.1, -0.05) is 0 Å². The summed E-state index contributed by atoms with van der Waals surface area (Å²) >= 11 is 2.87. The molecule has 0 radical (unpaired) electrons. The molecule has 20 heavy (non-hydrogen) atoms. The maximum absolute atomic E-state index is 13.6. The second-order valence-corrected chi connectivity index (χ2v) is 4.87. The summed E-state index contributed by atoms with van der Waals surface area (Å²) in [5.74, 6) is -1.76. The van der Waals surface area contributed by atoms with Gasteiger partial charge in [-0.05, 0) is 45.8 Å². The van der Waals surface area contributed by atoms with Gasteiger partial charge in [0, 0.05) is 12.6 Å². The second kappa shape index (κ2) is 5.97. The van der Waals surface area contributed by atoms with Gasteiger partial charge in [0.1, 0.15) is 17.5 Å². The van der Waals surface area contributed by atoms with Gasteiger partial charge < -0.3 is 5.32 Å². The molecule has 0 aromatic heterocycles. The molecule has 2 nitrogen and oxygen atoms in total. The second-order valence-electron chi connectivity index (χ2n) is 4.01. The van der Waals surface area contributed by atoms with E-state index in [0.29, 0.717) is 5.56 Å². The van der Waals surface area contributed by atoms with Crippen molar-refractivity contribution in [3.8, 4) is 6.07 Å². The molecule has 6 heteroatoms. The fraction of sp³-hybridized carbons (Fsp3) is 0.0714. The molecule has 2 aromatic carbocycles. The lowest BCUT2D eigenvalue weighted by Crippen LogP contribution is -2.04. The van der Waals surface area contributed by atoms with E-state index in [4.69, 9.17) is 5.26 Å². The summed E-state index contributed by atoms with van der Waals surface area (Å²) < 4.78 is 40.1. The van der Waals surface area contributed by atoms with Crippen LogP contribution < -0.4 is 5.32 Å². The van der Waals surface area contributed by atoms with E-state index in [9.17, 15) is 13.2 Å². The van der Waals surface area contributed by atoms with Crippen molar-refractivity contribution in [2.24, 2.45) is 0 Å². The number of rotatable bonds is 3. The minimum Gasteiger partial charge on any atom is -0.378 e. The first-order valence-electron chi connectivity index (χ1n) is 5.58. The lowest BCUT2D eigenvalue weighted by atomic mass is 10.1. The number of benzene rings is 2. The van der Waals surface area contributed by atoms with Crippen molar-refractivity contribution in [1.82, 2.24) is 0 Å². The van der Waals surface area contributed by atoms with Crippen LogP contribution in [-0.2, 0) is 6.54 Å². The van der Waals surface area contributed by atoms with E-state index in [2.05, 4.69) is 21.2 Å². The molecule has 0 aliphatic heterocycles.